The number of benzene rings is 1. The molecule has 0 saturated carbocycles. The van der Waals surface area contributed by atoms with Gasteiger partial charge in [-0.2, -0.15) is 0 Å². The van der Waals surface area contributed by atoms with Gasteiger partial charge in [0.05, 0.1) is 5.69 Å². The summed E-state index contributed by atoms with van der Waals surface area (Å²) < 4.78 is 14.1. The number of anilines is 1. The van der Waals surface area contributed by atoms with E-state index in [2.05, 4.69) is 16.8 Å². The number of fused-ring (bicyclic) bond motifs is 1. The minimum atomic E-state index is -0.280. The molecular weight excluding hydrogens is 255 g/mol. The molecule has 0 aliphatic carbocycles. The maximum atomic E-state index is 14.1. The minimum absolute atomic E-state index is 0.280. The minimum Gasteiger partial charge on any atom is -0.368 e. The average molecular weight is 276 g/mol. The highest BCUT2D eigenvalue weighted by Gasteiger charge is 2.35. The van der Waals surface area contributed by atoms with Crippen molar-refractivity contribution in [3.05, 3.63) is 29.6 Å². The van der Waals surface area contributed by atoms with E-state index < -0.39 is 0 Å². The molecule has 1 aromatic carbocycles. The van der Waals surface area contributed by atoms with Crippen molar-refractivity contribution in [2.75, 3.05) is 31.6 Å². The number of halogens is 1. The Morgan fingerprint density at radius 3 is 2.95 bits per heavy atom. The first-order valence-electron chi connectivity index (χ1n) is 7.39. The fraction of sp³-hybridized carbons (Fsp3) is 0.562. The lowest BCUT2D eigenvalue weighted by Crippen LogP contribution is -2.53. The van der Waals surface area contributed by atoms with Gasteiger partial charge in [0.1, 0.15) is 5.82 Å². The highest BCUT2D eigenvalue weighted by molar-refractivity contribution is 5.84. The first-order chi connectivity index (χ1) is 9.70. The van der Waals surface area contributed by atoms with Gasteiger partial charge in [0.25, 0.3) is 0 Å². The second kappa shape index (κ2) is 5.52. The molecule has 0 aromatic heterocycles. The number of aldehydes is 1. The number of carbonyl (C=O) groups is 1. The summed E-state index contributed by atoms with van der Waals surface area (Å²) in [4.78, 5) is 15.7. The van der Waals surface area contributed by atoms with Crippen LogP contribution in [0.25, 0.3) is 0 Å². The predicted octanol–water partition coefficient (Wildman–Crippen LogP) is 2.56. The Morgan fingerprint density at radius 1 is 1.30 bits per heavy atom. The third kappa shape index (κ3) is 2.33. The SMILES string of the molecule is CN1CCCC2CN(c3c(F)cccc3C=O)CCC21. The second-order valence-electron chi connectivity index (χ2n) is 5.98. The van der Waals surface area contributed by atoms with Gasteiger partial charge in [-0.1, -0.05) is 6.07 Å². The monoisotopic (exact) mass is 276 g/mol. The van der Waals surface area contributed by atoms with Crippen LogP contribution in [-0.2, 0) is 0 Å². The second-order valence-corrected chi connectivity index (χ2v) is 5.98. The molecule has 20 heavy (non-hydrogen) atoms. The van der Waals surface area contributed by atoms with Crippen LogP contribution < -0.4 is 4.90 Å². The molecule has 1 aromatic rings. The van der Waals surface area contributed by atoms with Crippen LogP contribution >= 0.6 is 0 Å². The molecule has 2 unspecified atom stereocenters. The zero-order chi connectivity index (χ0) is 14.1. The molecule has 0 bridgehead atoms. The van der Waals surface area contributed by atoms with Gasteiger partial charge in [-0.15, -0.1) is 0 Å². The summed E-state index contributed by atoms with van der Waals surface area (Å²) >= 11 is 0. The van der Waals surface area contributed by atoms with Crippen molar-refractivity contribution >= 4 is 12.0 Å². The highest BCUT2D eigenvalue weighted by Crippen LogP contribution is 2.34. The Balaban J connectivity index is 1.85. The van der Waals surface area contributed by atoms with Crippen LogP contribution in [0.1, 0.15) is 29.6 Å². The predicted molar refractivity (Wildman–Crippen MR) is 77.8 cm³/mol. The van der Waals surface area contributed by atoms with Gasteiger partial charge in [0.15, 0.2) is 6.29 Å². The van der Waals surface area contributed by atoms with Gasteiger partial charge in [0.2, 0.25) is 0 Å². The van der Waals surface area contributed by atoms with Crippen LogP contribution in [0.15, 0.2) is 18.2 Å². The van der Waals surface area contributed by atoms with Crippen molar-refractivity contribution in [1.82, 2.24) is 4.90 Å². The van der Waals surface area contributed by atoms with Gasteiger partial charge in [-0.3, -0.25) is 4.79 Å². The molecule has 2 atom stereocenters. The average Bonchev–Trinajstić information content (AvgIpc) is 2.47. The number of para-hydroxylation sites is 1. The molecule has 3 rings (SSSR count). The molecule has 4 heteroatoms. The van der Waals surface area contributed by atoms with Gasteiger partial charge in [-0.05, 0) is 50.9 Å². The molecule has 0 radical (unpaired) electrons. The van der Waals surface area contributed by atoms with Gasteiger partial charge >= 0.3 is 0 Å². The maximum Gasteiger partial charge on any atom is 0.152 e. The molecule has 3 nitrogen and oxygen atoms in total. The van der Waals surface area contributed by atoms with E-state index in [1.54, 1.807) is 12.1 Å². The molecule has 2 heterocycles. The fourth-order valence-electron chi connectivity index (χ4n) is 3.82. The third-order valence-electron chi connectivity index (χ3n) is 4.81. The Kier molecular flexibility index (Phi) is 3.74. The molecule has 108 valence electrons. The lowest BCUT2D eigenvalue weighted by Gasteiger charge is -2.46. The molecule has 0 amide bonds. The standard InChI is InChI=1S/C16H21FN2O/c1-18-8-3-5-12-10-19(9-7-15(12)18)16-13(11-20)4-2-6-14(16)17/h2,4,6,11-12,15H,3,5,7-10H2,1H3. The largest absolute Gasteiger partial charge is 0.368 e. The molecule has 2 saturated heterocycles. The van der Waals surface area contributed by atoms with E-state index in [4.69, 9.17) is 0 Å². The summed E-state index contributed by atoms with van der Waals surface area (Å²) in [6.07, 6.45) is 4.23. The topological polar surface area (TPSA) is 23.6 Å². The number of carbonyl (C=O) groups excluding carboxylic acids is 1. The number of piperidine rings is 2. The number of nitrogens with zero attached hydrogens (tertiary/aromatic N) is 2. The first-order valence-corrected chi connectivity index (χ1v) is 7.39. The Bertz CT molecular complexity index is 505. The summed E-state index contributed by atoms with van der Waals surface area (Å²) in [5.41, 5.74) is 0.960. The Hall–Kier alpha value is -1.42. The number of hydrogen-bond acceptors (Lipinski definition) is 3. The molecule has 2 aliphatic rings. The summed E-state index contributed by atoms with van der Waals surface area (Å²) in [5, 5.41) is 0. The van der Waals surface area contributed by atoms with Crippen LogP contribution in [0.5, 0.6) is 0 Å². The van der Waals surface area contributed by atoms with Gasteiger partial charge in [-0.25, -0.2) is 4.39 Å². The number of rotatable bonds is 2. The van der Waals surface area contributed by atoms with Crippen molar-refractivity contribution in [3.8, 4) is 0 Å². The lowest BCUT2D eigenvalue weighted by molar-refractivity contribution is 0.102. The molecular formula is C16H21FN2O. The quantitative estimate of drug-likeness (QED) is 0.776. The fourth-order valence-corrected chi connectivity index (χ4v) is 3.82. The van der Waals surface area contributed by atoms with Gasteiger partial charge in [0, 0.05) is 24.7 Å². The summed E-state index contributed by atoms with van der Waals surface area (Å²) in [7, 11) is 2.19. The van der Waals surface area contributed by atoms with E-state index in [1.807, 2.05) is 0 Å². The summed E-state index contributed by atoms with van der Waals surface area (Å²) in [5.74, 6) is 0.304. The molecule has 2 aliphatic heterocycles. The van der Waals surface area contributed by atoms with Crippen molar-refractivity contribution in [2.45, 2.75) is 25.3 Å². The van der Waals surface area contributed by atoms with Crippen LogP contribution in [0.2, 0.25) is 0 Å². The van der Waals surface area contributed by atoms with E-state index >= 15 is 0 Å². The maximum absolute atomic E-state index is 14.1. The molecule has 0 spiro atoms. The first kappa shape index (κ1) is 13.6. The smallest absolute Gasteiger partial charge is 0.152 e. The van der Waals surface area contributed by atoms with E-state index in [0.717, 1.165) is 25.8 Å². The lowest BCUT2D eigenvalue weighted by atomic mass is 9.84. The highest BCUT2D eigenvalue weighted by atomic mass is 19.1. The van der Waals surface area contributed by atoms with Crippen molar-refractivity contribution < 1.29 is 9.18 Å². The summed E-state index contributed by atoms with van der Waals surface area (Å²) in [6, 6.07) is 5.36. The van der Waals surface area contributed by atoms with Crippen LogP contribution in [-0.4, -0.2) is 43.9 Å². The number of hydrogen-bond donors (Lipinski definition) is 0. The Morgan fingerprint density at radius 2 is 2.15 bits per heavy atom. The van der Waals surface area contributed by atoms with E-state index in [9.17, 15) is 9.18 Å². The van der Waals surface area contributed by atoms with Crippen molar-refractivity contribution in [2.24, 2.45) is 5.92 Å². The third-order valence-corrected chi connectivity index (χ3v) is 4.81. The number of likely N-dealkylation sites (tertiary alicyclic amines) is 1. The Labute approximate surface area is 119 Å². The molecule has 2 fully saturated rings. The van der Waals surface area contributed by atoms with Crippen LogP contribution in [0, 0.1) is 11.7 Å². The van der Waals surface area contributed by atoms with Crippen molar-refractivity contribution in [1.29, 1.82) is 0 Å². The normalized spacial score (nSPS) is 27.2. The van der Waals surface area contributed by atoms with Gasteiger partial charge < -0.3 is 9.80 Å². The summed E-state index contributed by atoms with van der Waals surface area (Å²) in [6.45, 7) is 2.85. The van der Waals surface area contributed by atoms with E-state index in [1.165, 1.54) is 25.5 Å². The molecule has 0 N–H and O–H groups in total. The van der Waals surface area contributed by atoms with E-state index in [-0.39, 0.29) is 5.82 Å². The van der Waals surface area contributed by atoms with Crippen LogP contribution in [0.4, 0.5) is 10.1 Å². The van der Waals surface area contributed by atoms with Crippen molar-refractivity contribution in [3.63, 3.8) is 0 Å². The van der Waals surface area contributed by atoms with E-state index in [0.29, 0.717) is 23.2 Å². The zero-order valence-electron chi connectivity index (χ0n) is 11.9. The zero-order valence-corrected chi connectivity index (χ0v) is 11.9. The van der Waals surface area contributed by atoms with Crippen LogP contribution in [0.3, 0.4) is 0 Å².